The average molecular weight is 292 g/mol. The lowest BCUT2D eigenvalue weighted by Crippen LogP contribution is -2.38. The maximum absolute atomic E-state index is 12.7. The molecule has 0 radical (unpaired) electrons. The molecule has 0 unspecified atom stereocenters. The molecule has 1 atom stereocenters. The Morgan fingerprint density at radius 2 is 1.71 bits per heavy atom. The lowest BCUT2D eigenvalue weighted by Gasteiger charge is -2.28. The number of carbonyl (C=O) groups excluding carboxylic acids is 1. The zero-order valence-corrected chi connectivity index (χ0v) is 10.7. The second kappa shape index (κ2) is 4.80. The zero-order chi connectivity index (χ0) is 15.0. The third kappa shape index (κ3) is 2.56. The molecule has 1 heterocycles. The van der Waals surface area contributed by atoms with Crippen molar-refractivity contribution in [2.24, 2.45) is 0 Å². The van der Waals surface area contributed by atoms with Crippen molar-refractivity contribution in [1.29, 1.82) is 0 Å². The van der Waals surface area contributed by atoms with Gasteiger partial charge in [-0.1, -0.05) is 24.3 Å². The van der Waals surface area contributed by atoms with Gasteiger partial charge in [0.05, 0.1) is 11.1 Å². The lowest BCUT2D eigenvalue weighted by molar-refractivity contribution is -0.137. The number of para-hydroxylation sites is 1. The van der Waals surface area contributed by atoms with Crippen LogP contribution < -0.4 is 10.6 Å². The number of hydrogen-bond donors (Lipinski definition) is 2. The van der Waals surface area contributed by atoms with Crippen molar-refractivity contribution in [3.8, 4) is 0 Å². The van der Waals surface area contributed by atoms with Gasteiger partial charge in [-0.25, -0.2) is 0 Å². The molecule has 3 nitrogen and oxygen atoms in total. The van der Waals surface area contributed by atoms with E-state index >= 15 is 0 Å². The summed E-state index contributed by atoms with van der Waals surface area (Å²) in [6.45, 7) is 0. The standard InChI is InChI=1S/C15H11F3N2O/c16-15(17,18)10-5-3-4-9(8-10)13-19-12-7-2-1-6-11(12)14(21)20-13/h1-8,13,19H,(H,20,21)/t13-/m1/s1. The molecule has 1 amide bonds. The number of halogens is 3. The van der Waals surface area contributed by atoms with E-state index in [1.807, 2.05) is 0 Å². The first-order valence-electron chi connectivity index (χ1n) is 6.29. The van der Waals surface area contributed by atoms with E-state index in [0.717, 1.165) is 12.1 Å². The van der Waals surface area contributed by atoms with Crippen LogP contribution in [0.25, 0.3) is 0 Å². The molecule has 0 aromatic heterocycles. The van der Waals surface area contributed by atoms with Gasteiger partial charge in [-0.3, -0.25) is 4.79 Å². The van der Waals surface area contributed by atoms with Gasteiger partial charge in [0.2, 0.25) is 0 Å². The summed E-state index contributed by atoms with van der Waals surface area (Å²) < 4.78 is 38.2. The van der Waals surface area contributed by atoms with Crippen LogP contribution >= 0.6 is 0 Å². The number of fused-ring (bicyclic) bond motifs is 1. The Morgan fingerprint density at radius 3 is 2.48 bits per heavy atom. The minimum Gasteiger partial charge on any atom is -0.361 e. The second-order valence-corrected chi connectivity index (χ2v) is 4.72. The molecular formula is C15H11F3N2O. The highest BCUT2D eigenvalue weighted by molar-refractivity contribution is 6.01. The number of amides is 1. The average Bonchev–Trinajstić information content (AvgIpc) is 2.46. The number of hydrogen-bond acceptors (Lipinski definition) is 2. The first kappa shape index (κ1) is 13.5. The van der Waals surface area contributed by atoms with Gasteiger partial charge in [0, 0.05) is 5.69 Å². The molecule has 0 saturated carbocycles. The fourth-order valence-corrected chi connectivity index (χ4v) is 2.27. The summed E-state index contributed by atoms with van der Waals surface area (Å²) in [5.74, 6) is -0.313. The largest absolute Gasteiger partial charge is 0.416 e. The van der Waals surface area contributed by atoms with Gasteiger partial charge < -0.3 is 10.6 Å². The molecule has 0 bridgehead atoms. The highest BCUT2D eigenvalue weighted by Crippen LogP contribution is 2.32. The summed E-state index contributed by atoms with van der Waals surface area (Å²) in [5, 5.41) is 5.67. The Balaban J connectivity index is 1.95. The Kier molecular flexibility index (Phi) is 3.08. The third-order valence-electron chi connectivity index (χ3n) is 3.29. The summed E-state index contributed by atoms with van der Waals surface area (Å²) in [5.41, 5.74) is 0.687. The number of alkyl halides is 3. The zero-order valence-electron chi connectivity index (χ0n) is 10.7. The van der Waals surface area contributed by atoms with E-state index in [-0.39, 0.29) is 5.91 Å². The molecule has 2 aromatic carbocycles. The quantitative estimate of drug-likeness (QED) is 0.844. The molecule has 0 spiro atoms. The van der Waals surface area contributed by atoms with Gasteiger partial charge in [-0.15, -0.1) is 0 Å². The van der Waals surface area contributed by atoms with Crippen LogP contribution in [0.4, 0.5) is 18.9 Å². The van der Waals surface area contributed by atoms with Crippen molar-refractivity contribution in [2.45, 2.75) is 12.3 Å². The maximum Gasteiger partial charge on any atom is 0.416 e. The first-order chi connectivity index (χ1) is 9.95. The van der Waals surface area contributed by atoms with E-state index in [1.165, 1.54) is 6.07 Å². The van der Waals surface area contributed by atoms with Crippen LogP contribution in [-0.4, -0.2) is 5.91 Å². The molecule has 0 saturated heterocycles. The van der Waals surface area contributed by atoms with Crippen molar-refractivity contribution in [3.63, 3.8) is 0 Å². The van der Waals surface area contributed by atoms with Crippen LogP contribution in [-0.2, 0) is 6.18 Å². The first-order valence-corrected chi connectivity index (χ1v) is 6.29. The summed E-state index contributed by atoms with van der Waals surface area (Å²) in [7, 11) is 0. The molecule has 108 valence electrons. The molecule has 1 aliphatic rings. The van der Waals surface area contributed by atoms with Gasteiger partial charge in [-0.05, 0) is 29.8 Å². The van der Waals surface area contributed by atoms with E-state index in [0.29, 0.717) is 16.8 Å². The number of rotatable bonds is 1. The maximum atomic E-state index is 12.7. The monoisotopic (exact) mass is 292 g/mol. The number of carbonyl (C=O) groups is 1. The van der Waals surface area contributed by atoms with Crippen LogP contribution in [0.1, 0.15) is 27.7 Å². The summed E-state index contributed by atoms with van der Waals surface area (Å²) in [4.78, 5) is 12.0. The predicted octanol–water partition coefficient (Wildman–Crippen LogP) is 3.56. The molecular weight excluding hydrogens is 281 g/mol. The van der Waals surface area contributed by atoms with Crippen LogP contribution in [0, 0.1) is 0 Å². The Labute approximate surface area is 118 Å². The molecule has 0 aliphatic carbocycles. The third-order valence-corrected chi connectivity index (χ3v) is 3.29. The smallest absolute Gasteiger partial charge is 0.361 e. The van der Waals surface area contributed by atoms with Gasteiger partial charge >= 0.3 is 6.18 Å². The fourth-order valence-electron chi connectivity index (χ4n) is 2.27. The van der Waals surface area contributed by atoms with Gasteiger partial charge in [-0.2, -0.15) is 13.2 Å². The number of benzene rings is 2. The van der Waals surface area contributed by atoms with Crippen LogP contribution in [0.2, 0.25) is 0 Å². The summed E-state index contributed by atoms with van der Waals surface area (Å²) in [6, 6.07) is 11.8. The van der Waals surface area contributed by atoms with Crippen molar-refractivity contribution in [2.75, 3.05) is 5.32 Å². The number of anilines is 1. The number of nitrogens with one attached hydrogen (secondary N) is 2. The second-order valence-electron chi connectivity index (χ2n) is 4.72. The lowest BCUT2D eigenvalue weighted by atomic mass is 10.0. The highest BCUT2D eigenvalue weighted by Gasteiger charge is 2.32. The van der Waals surface area contributed by atoms with Crippen molar-refractivity contribution in [1.82, 2.24) is 5.32 Å². The highest BCUT2D eigenvalue weighted by atomic mass is 19.4. The SMILES string of the molecule is O=C1N[C@H](c2cccc(C(F)(F)F)c2)Nc2ccccc21. The minimum absolute atomic E-state index is 0.313. The van der Waals surface area contributed by atoms with Crippen molar-refractivity contribution in [3.05, 3.63) is 65.2 Å². The van der Waals surface area contributed by atoms with E-state index < -0.39 is 17.9 Å². The van der Waals surface area contributed by atoms with E-state index in [2.05, 4.69) is 10.6 Å². The minimum atomic E-state index is -4.41. The summed E-state index contributed by atoms with van der Waals surface area (Å²) in [6.07, 6.45) is -5.10. The fraction of sp³-hybridized carbons (Fsp3) is 0.133. The topological polar surface area (TPSA) is 41.1 Å². The van der Waals surface area contributed by atoms with E-state index in [9.17, 15) is 18.0 Å². The molecule has 1 aliphatic heterocycles. The van der Waals surface area contributed by atoms with Gasteiger partial charge in [0.25, 0.3) is 5.91 Å². The Bertz CT molecular complexity index is 697. The Morgan fingerprint density at radius 1 is 0.952 bits per heavy atom. The Hall–Kier alpha value is -2.50. The van der Waals surface area contributed by atoms with Crippen LogP contribution in [0.15, 0.2) is 48.5 Å². The van der Waals surface area contributed by atoms with Crippen LogP contribution in [0.5, 0.6) is 0 Å². The molecule has 6 heteroatoms. The molecule has 2 N–H and O–H groups in total. The van der Waals surface area contributed by atoms with Gasteiger partial charge in [0.1, 0.15) is 6.17 Å². The molecule has 0 fully saturated rings. The molecule has 3 rings (SSSR count). The van der Waals surface area contributed by atoms with Gasteiger partial charge in [0.15, 0.2) is 0 Å². The van der Waals surface area contributed by atoms with Crippen LogP contribution in [0.3, 0.4) is 0 Å². The van der Waals surface area contributed by atoms with E-state index in [1.54, 1.807) is 30.3 Å². The van der Waals surface area contributed by atoms with E-state index in [4.69, 9.17) is 0 Å². The summed E-state index contributed by atoms with van der Waals surface area (Å²) >= 11 is 0. The van der Waals surface area contributed by atoms with Crippen molar-refractivity contribution >= 4 is 11.6 Å². The predicted molar refractivity (Wildman–Crippen MR) is 71.7 cm³/mol. The molecule has 21 heavy (non-hydrogen) atoms. The van der Waals surface area contributed by atoms with Crippen molar-refractivity contribution < 1.29 is 18.0 Å². The molecule has 2 aromatic rings. The normalized spacial score (nSPS) is 17.7.